The second-order valence-electron chi connectivity index (χ2n) is 4.59. The van der Waals surface area contributed by atoms with Crippen LogP contribution >= 0.6 is 0 Å². The summed E-state index contributed by atoms with van der Waals surface area (Å²) in [6.07, 6.45) is 3.41. The lowest BCUT2D eigenvalue weighted by Crippen LogP contribution is -2.54. The topological polar surface area (TPSA) is 61.2 Å². The van der Waals surface area contributed by atoms with Crippen LogP contribution in [0.1, 0.15) is 19.3 Å². The largest absolute Gasteiger partial charge is 0.378 e. The molecule has 0 saturated carbocycles. The number of likely N-dealkylation sites (N-methyl/N-ethyl adjacent to an activating group) is 1. The molecule has 0 radical (unpaired) electrons. The highest BCUT2D eigenvalue weighted by molar-refractivity contribution is 4.89. The first-order valence-electron chi connectivity index (χ1n) is 5.61. The summed E-state index contributed by atoms with van der Waals surface area (Å²) >= 11 is 0. The summed E-state index contributed by atoms with van der Waals surface area (Å²) in [6, 6.07) is 1.15. The molecule has 5 heteroatoms. The van der Waals surface area contributed by atoms with E-state index in [1.54, 1.807) is 0 Å². The minimum Gasteiger partial charge on any atom is -0.378 e. The first-order chi connectivity index (χ1) is 7.31. The normalized spacial score (nSPS) is 35.9. The Labute approximate surface area is 90.0 Å². The van der Waals surface area contributed by atoms with Crippen LogP contribution in [0.15, 0.2) is 5.11 Å². The average molecular weight is 210 g/mol. The van der Waals surface area contributed by atoms with Crippen molar-refractivity contribution in [2.75, 3.05) is 26.8 Å². The van der Waals surface area contributed by atoms with Crippen LogP contribution in [0.3, 0.4) is 0 Å². The van der Waals surface area contributed by atoms with Crippen LogP contribution in [0, 0.1) is 5.92 Å². The molecule has 2 unspecified atom stereocenters. The van der Waals surface area contributed by atoms with E-state index in [4.69, 9.17) is 10.3 Å². The summed E-state index contributed by atoms with van der Waals surface area (Å²) in [4.78, 5) is 5.25. The van der Waals surface area contributed by atoms with E-state index in [-0.39, 0.29) is 0 Å². The van der Waals surface area contributed by atoms with Crippen LogP contribution in [-0.4, -0.2) is 43.8 Å². The summed E-state index contributed by atoms with van der Waals surface area (Å²) in [5, 5.41) is 3.61. The second-order valence-corrected chi connectivity index (χ2v) is 4.59. The summed E-state index contributed by atoms with van der Waals surface area (Å²) in [7, 11) is 2.20. The van der Waals surface area contributed by atoms with Gasteiger partial charge in [-0.3, -0.25) is 4.90 Å². The minimum atomic E-state index is 0.577. The Morgan fingerprint density at radius 3 is 2.67 bits per heavy atom. The van der Waals surface area contributed by atoms with Gasteiger partial charge in [-0.2, -0.15) is 0 Å². The highest BCUT2D eigenvalue weighted by atomic mass is 16.5. The fraction of sp³-hybridized carbons (Fsp3) is 1.00. The van der Waals surface area contributed by atoms with Crippen molar-refractivity contribution in [1.29, 1.82) is 0 Å². The molecule has 0 aromatic heterocycles. The molecule has 15 heavy (non-hydrogen) atoms. The van der Waals surface area contributed by atoms with Crippen molar-refractivity contribution in [3.8, 4) is 0 Å². The Morgan fingerprint density at radius 1 is 1.40 bits per heavy atom. The molecular weight excluding hydrogens is 192 g/mol. The molecule has 2 heterocycles. The Hall–Kier alpha value is -0.770. The van der Waals surface area contributed by atoms with Crippen molar-refractivity contribution in [2.45, 2.75) is 31.3 Å². The molecule has 2 aliphatic rings. The van der Waals surface area contributed by atoms with Gasteiger partial charge in [0.2, 0.25) is 0 Å². The number of rotatable bonds is 3. The van der Waals surface area contributed by atoms with Crippen LogP contribution in [0.2, 0.25) is 0 Å². The summed E-state index contributed by atoms with van der Waals surface area (Å²) in [6.45, 7) is 2.38. The predicted octanol–water partition coefficient (Wildman–Crippen LogP) is 1.80. The van der Waals surface area contributed by atoms with Crippen LogP contribution < -0.4 is 0 Å². The van der Waals surface area contributed by atoms with Crippen molar-refractivity contribution < 1.29 is 4.74 Å². The van der Waals surface area contributed by atoms with E-state index in [2.05, 4.69) is 22.0 Å². The number of nitrogens with zero attached hydrogens (tertiary/aromatic N) is 4. The van der Waals surface area contributed by atoms with E-state index in [9.17, 15) is 0 Å². The molecule has 2 saturated heterocycles. The van der Waals surface area contributed by atoms with Gasteiger partial charge in [-0.15, -0.1) is 0 Å². The van der Waals surface area contributed by atoms with Gasteiger partial charge in [0.1, 0.15) is 0 Å². The van der Waals surface area contributed by atoms with Gasteiger partial charge in [0, 0.05) is 23.5 Å². The van der Waals surface area contributed by atoms with Crippen LogP contribution in [-0.2, 0) is 4.74 Å². The van der Waals surface area contributed by atoms with Crippen molar-refractivity contribution in [3.05, 3.63) is 10.4 Å². The molecular formula is C10H18N4O. The molecule has 5 nitrogen and oxygen atoms in total. The van der Waals surface area contributed by atoms with Crippen molar-refractivity contribution in [1.82, 2.24) is 4.90 Å². The second kappa shape index (κ2) is 4.84. The highest BCUT2D eigenvalue weighted by Gasteiger charge is 2.36. The molecule has 84 valence electrons. The number of azide groups is 1. The van der Waals surface area contributed by atoms with E-state index in [0.717, 1.165) is 19.6 Å². The zero-order valence-corrected chi connectivity index (χ0v) is 9.17. The standard InChI is InChI=1S/C10H18N4O/c1-14-9-4-8(2-3-12-13-11)5-10(14)7-15-6-9/h8-10H,2-7H2,1H3. The zero-order chi connectivity index (χ0) is 10.7. The number of hydrogen-bond acceptors (Lipinski definition) is 3. The van der Waals surface area contributed by atoms with E-state index in [1.807, 2.05) is 0 Å². The van der Waals surface area contributed by atoms with E-state index < -0.39 is 0 Å². The highest BCUT2D eigenvalue weighted by Crippen LogP contribution is 2.31. The molecule has 0 aromatic rings. The van der Waals surface area contributed by atoms with Gasteiger partial charge in [0.15, 0.2) is 0 Å². The lowest BCUT2D eigenvalue weighted by Gasteiger charge is -2.46. The molecule has 2 aliphatic heterocycles. The summed E-state index contributed by atoms with van der Waals surface area (Å²) < 4.78 is 5.56. The number of fused-ring (bicyclic) bond motifs is 2. The quantitative estimate of drug-likeness (QED) is 0.405. The van der Waals surface area contributed by atoms with Gasteiger partial charge in [-0.1, -0.05) is 5.11 Å². The number of ether oxygens (including phenoxy) is 1. The maximum absolute atomic E-state index is 8.23. The fourth-order valence-electron chi connectivity index (χ4n) is 2.73. The van der Waals surface area contributed by atoms with Gasteiger partial charge >= 0.3 is 0 Å². The third-order valence-corrected chi connectivity index (χ3v) is 3.68. The Bertz CT molecular complexity index is 250. The maximum Gasteiger partial charge on any atom is 0.0622 e. The zero-order valence-electron chi connectivity index (χ0n) is 9.17. The van der Waals surface area contributed by atoms with Crippen LogP contribution in [0.25, 0.3) is 10.4 Å². The summed E-state index contributed by atoms with van der Waals surface area (Å²) in [5.74, 6) is 0.714. The predicted molar refractivity (Wildman–Crippen MR) is 57.5 cm³/mol. The maximum atomic E-state index is 8.23. The number of hydrogen-bond donors (Lipinski definition) is 0. The summed E-state index contributed by atoms with van der Waals surface area (Å²) in [5.41, 5.74) is 8.23. The molecule has 2 atom stereocenters. The van der Waals surface area contributed by atoms with Gasteiger partial charge in [-0.05, 0) is 37.8 Å². The molecule has 0 aliphatic carbocycles. The molecule has 0 amide bonds. The Morgan fingerprint density at radius 2 is 2.07 bits per heavy atom. The molecule has 0 spiro atoms. The molecule has 0 aromatic carbocycles. The van der Waals surface area contributed by atoms with E-state index in [0.29, 0.717) is 24.5 Å². The minimum absolute atomic E-state index is 0.577. The monoisotopic (exact) mass is 210 g/mol. The van der Waals surface area contributed by atoms with Gasteiger partial charge in [0.05, 0.1) is 13.2 Å². The van der Waals surface area contributed by atoms with E-state index in [1.165, 1.54) is 12.8 Å². The average Bonchev–Trinajstić information content (AvgIpc) is 2.19. The molecule has 0 N–H and O–H groups in total. The lowest BCUT2D eigenvalue weighted by molar-refractivity contribution is -0.0752. The first-order valence-corrected chi connectivity index (χ1v) is 5.61. The van der Waals surface area contributed by atoms with Gasteiger partial charge < -0.3 is 4.74 Å². The number of piperidine rings is 1. The van der Waals surface area contributed by atoms with Gasteiger partial charge in [0.25, 0.3) is 0 Å². The van der Waals surface area contributed by atoms with Crippen LogP contribution in [0.4, 0.5) is 0 Å². The Balaban J connectivity index is 1.87. The smallest absolute Gasteiger partial charge is 0.0622 e. The lowest BCUT2D eigenvalue weighted by atomic mass is 9.83. The third kappa shape index (κ3) is 2.43. The number of morpholine rings is 1. The van der Waals surface area contributed by atoms with Crippen LogP contribution in [0.5, 0.6) is 0 Å². The Kier molecular flexibility index (Phi) is 3.46. The first kappa shape index (κ1) is 10.7. The SMILES string of the molecule is CN1C2COCC1CC(CCN=[N+]=[N-])C2. The molecule has 2 rings (SSSR count). The van der Waals surface area contributed by atoms with Crippen molar-refractivity contribution in [2.24, 2.45) is 11.0 Å². The van der Waals surface area contributed by atoms with Crippen molar-refractivity contribution >= 4 is 0 Å². The van der Waals surface area contributed by atoms with Gasteiger partial charge in [-0.25, -0.2) is 0 Å². The molecule has 2 fully saturated rings. The van der Waals surface area contributed by atoms with Crippen molar-refractivity contribution in [3.63, 3.8) is 0 Å². The third-order valence-electron chi connectivity index (χ3n) is 3.68. The fourth-order valence-corrected chi connectivity index (χ4v) is 2.73. The van der Waals surface area contributed by atoms with E-state index >= 15 is 0 Å². The molecule has 2 bridgehead atoms.